The second-order valence-corrected chi connectivity index (χ2v) is 13.5. The first kappa shape index (κ1) is 32.1. The molecule has 14 heteroatoms. The Morgan fingerprint density at radius 2 is 1.80 bits per heavy atom. The van der Waals surface area contributed by atoms with E-state index < -0.39 is 21.5 Å². The minimum Gasteiger partial charge on any atom is -0.497 e. The van der Waals surface area contributed by atoms with E-state index in [9.17, 15) is 17.6 Å². The van der Waals surface area contributed by atoms with Gasteiger partial charge in [0.2, 0.25) is 10.0 Å². The molecule has 1 aliphatic heterocycles. The van der Waals surface area contributed by atoms with Gasteiger partial charge in [-0.2, -0.15) is 8.68 Å². The zero-order valence-electron chi connectivity index (χ0n) is 25.5. The van der Waals surface area contributed by atoms with E-state index in [1.54, 1.807) is 36.1 Å². The highest BCUT2D eigenvalue weighted by molar-refractivity contribution is 7.89. The fourth-order valence-corrected chi connectivity index (χ4v) is 7.44. The molecule has 238 valence electrons. The monoisotopic (exact) mass is 655 g/mol. The molecule has 1 aliphatic rings. The second-order valence-electron chi connectivity index (χ2n) is 10.7. The summed E-state index contributed by atoms with van der Waals surface area (Å²) >= 11 is 1.20. The summed E-state index contributed by atoms with van der Waals surface area (Å²) in [5.41, 5.74) is 1.12. The number of likely N-dealkylation sites (tertiary alicyclic amines) is 1. The van der Waals surface area contributed by atoms with Crippen molar-refractivity contribution in [2.45, 2.75) is 30.2 Å². The fourth-order valence-electron chi connectivity index (χ4n) is 5.42. The van der Waals surface area contributed by atoms with E-state index in [1.165, 1.54) is 74.8 Å². The number of halogens is 1. The maximum Gasteiger partial charge on any atom is 0.321 e. The van der Waals surface area contributed by atoms with Crippen molar-refractivity contribution < 1.29 is 31.8 Å². The SMILES string of the molecule is COc1ccc(S(=O)(=O)N(C)Cc2ccc(OC)cc2OC)c(NC(=O)N2CC[C@](c3ccc(C)c(F)c3)(c3ncns3)C2)c1. The number of amides is 2. The summed E-state index contributed by atoms with van der Waals surface area (Å²) in [5, 5.41) is 3.47. The number of anilines is 1. The van der Waals surface area contributed by atoms with Crippen LogP contribution in [0, 0.1) is 12.7 Å². The predicted molar refractivity (Wildman–Crippen MR) is 168 cm³/mol. The maximum absolute atomic E-state index is 14.7. The van der Waals surface area contributed by atoms with Crippen molar-refractivity contribution in [3.63, 3.8) is 0 Å². The Hall–Kier alpha value is -4.27. The first-order chi connectivity index (χ1) is 21.5. The number of benzene rings is 3. The Morgan fingerprint density at radius 3 is 2.47 bits per heavy atom. The minimum atomic E-state index is -4.11. The molecule has 1 N–H and O–H groups in total. The van der Waals surface area contributed by atoms with E-state index in [1.807, 2.05) is 6.07 Å². The van der Waals surface area contributed by atoms with Gasteiger partial charge in [0, 0.05) is 44.4 Å². The lowest BCUT2D eigenvalue weighted by atomic mass is 9.80. The quantitative estimate of drug-likeness (QED) is 0.252. The molecule has 2 heterocycles. The topological polar surface area (TPSA) is 123 Å². The number of ether oxygens (including phenoxy) is 3. The normalized spacial score (nSPS) is 16.6. The van der Waals surface area contributed by atoms with E-state index in [4.69, 9.17) is 14.2 Å². The molecule has 4 aromatic rings. The number of nitrogens with zero attached hydrogens (tertiary/aromatic N) is 4. The van der Waals surface area contributed by atoms with Crippen LogP contribution in [0.15, 0.2) is 65.8 Å². The summed E-state index contributed by atoms with van der Waals surface area (Å²) in [6.45, 7) is 2.21. The Labute approximate surface area is 265 Å². The molecular weight excluding hydrogens is 622 g/mol. The number of hydrogen-bond acceptors (Lipinski definition) is 9. The van der Waals surface area contributed by atoms with Gasteiger partial charge < -0.3 is 24.4 Å². The molecule has 45 heavy (non-hydrogen) atoms. The summed E-state index contributed by atoms with van der Waals surface area (Å²) in [6.07, 6.45) is 1.92. The van der Waals surface area contributed by atoms with Crippen molar-refractivity contribution in [2.75, 3.05) is 46.8 Å². The highest BCUT2D eigenvalue weighted by atomic mass is 32.2. The number of carbonyl (C=O) groups excluding carboxylic acids is 1. The fraction of sp³-hybridized carbons (Fsp3) is 0.323. The molecule has 1 atom stereocenters. The third kappa shape index (κ3) is 6.30. The van der Waals surface area contributed by atoms with Crippen LogP contribution >= 0.6 is 11.5 Å². The molecule has 1 aromatic heterocycles. The number of nitrogens with one attached hydrogen (secondary N) is 1. The second kappa shape index (κ2) is 13.0. The Morgan fingerprint density at radius 1 is 1.07 bits per heavy atom. The maximum atomic E-state index is 14.7. The van der Waals surface area contributed by atoms with E-state index in [0.29, 0.717) is 51.9 Å². The Balaban J connectivity index is 1.42. The Kier molecular flexibility index (Phi) is 9.28. The molecule has 0 bridgehead atoms. The average molecular weight is 656 g/mol. The number of urea groups is 1. The molecule has 0 radical (unpaired) electrons. The van der Waals surface area contributed by atoms with Crippen LogP contribution in [-0.2, 0) is 22.0 Å². The van der Waals surface area contributed by atoms with Crippen molar-refractivity contribution in [3.8, 4) is 17.2 Å². The van der Waals surface area contributed by atoms with Crippen LogP contribution in [-0.4, -0.2) is 74.5 Å². The van der Waals surface area contributed by atoms with Gasteiger partial charge >= 0.3 is 6.03 Å². The van der Waals surface area contributed by atoms with E-state index in [0.717, 1.165) is 0 Å². The highest BCUT2D eigenvalue weighted by Gasteiger charge is 2.45. The molecule has 0 aliphatic carbocycles. The highest BCUT2D eigenvalue weighted by Crippen LogP contribution is 2.42. The minimum absolute atomic E-state index is 0.00147. The standard InChI is InChI=1S/C31H34FN5O6S2/c1-20-6-8-22(14-25(20)32)31(29-33-19-34-44-29)12-13-37(18-31)30(38)35-26-15-23(41-3)10-11-28(26)45(39,40)36(2)17-21-7-9-24(42-4)16-27(21)43-5/h6-11,14-16,19H,12-13,17-18H2,1-5H3,(H,35,38)/t31-/m0/s1. The van der Waals surface area contributed by atoms with Crippen LogP contribution in [0.4, 0.5) is 14.9 Å². The largest absolute Gasteiger partial charge is 0.497 e. The lowest BCUT2D eigenvalue weighted by molar-refractivity contribution is 0.220. The van der Waals surface area contributed by atoms with Crippen molar-refractivity contribution in [2.24, 2.45) is 0 Å². The summed E-state index contributed by atoms with van der Waals surface area (Å²) in [4.78, 5) is 19.6. The molecule has 11 nitrogen and oxygen atoms in total. The van der Waals surface area contributed by atoms with Crippen LogP contribution in [0.2, 0.25) is 0 Å². The number of rotatable bonds is 10. The van der Waals surface area contributed by atoms with E-state index in [-0.39, 0.29) is 29.5 Å². The number of aromatic nitrogens is 2. The summed E-state index contributed by atoms with van der Waals surface area (Å²) in [7, 11) is 1.82. The van der Waals surface area contributed by atoms with Crippen LogP contribution < -0.4 is 19.5 Å². The van der Waals surface area contributed by atoms with E-state index >= 15 is 0 Å². The molecule has 1 saturated heterocycles. The molecule has 1 fully saturated rings. The number of sulfonamides is 1. The Bertz CT molecular complexity index is 1800. The summed E-state index contributed by atoms with van der Waals surface area (Å²) in [6, 6.07) is 14.1. The van der Waals surface area contributed by atoms with Gasteiger partial charge in [-0.3, -0.25) is 0 Å². The summed E-state index contributed by atoms with van der Waals surface area (Å²) < 4.78 is 63.8. The van der Waals surface area contributed by atoms with Crippen molar-refractivity contribution in [1.29, 1.82) is 0 Å². The van der Waals surface area contributed by atoms with Crippen LogP contribution in [0.3, 0.4) is 0 Å². The molecule has 0 unspecified atom stereocenters. The van der Waals surface area contributed by atoms with Crippen LogP contribution in [0.5, 0.6) is 17.2 Å². The first-order valence-electron chi connectivity index (χ1n) is 14.0. The van der Waals surface area contributed by atoms with Gasteiger partial charge in [0.15, 0.2) is 0 Å². The molecular formula is C31H34FN5O6S2. The number of aryl methyl sites for hydroxylation is 1. The zero-order valence-corrected chi connectivity index (χ0v) is 27.2. The molecule has 5 rings (SSSR count). The van der Waals surface area contributed by atoms with Crippen molar-refractivity contribution >= 4 is 33.3 Å². The number of hydrogen-bond donors (Lipinski definition) is 1. The van der Waals surface area contributed by atoms with Crippen molar-refractivity contribution in [3.05, 3.63) is 88.4 Å². The first-order valence-corrected chi connectivity index (χ1v) is 16.2. The van der Waals surface area contributed by atoms with Gasteiger partial charge in [-0.1, -0.05) is 18.2 Å². The molecule has 3 aromatic carbocycles. The van der Waals surface area contributed by atoms with E-state index in [2.05, 4.69) is 14.7 Å². The smallest absolute Gasteiger partial charge is 0.321 e. The third-order valence-electron chi connectivity index (χ3n) is 8.06. The molecule has 0 spiro atoms. The van der Waals surface area contributed by atoms with Gasteiger partial charge in [0.25, 0.3) is 0 Å². The van der Waals surface area contributed by atoms with Crippen LogP contribution in [0.25, 0.3) is 0 Å². The molecule has 2 amide bonds. The molecule has 0 saturated carbocycles. The van der Waals surface area contributed by atoms with Gasteiger partial charge in [0.1, 0.15) is 39.3 Å². The lowest BCUT2D eigenvalue weighted by Crippen LogP contribution is -2.38. The number of carbonyl (C=O) groups is 1. The third-order valence-corrected chi connectivity index (χ3v) is 10.8. The predicted octanol–water partition coefficient (Wildman–Crippen LogP) is 5.06. The van der Waals surface area contributed by atoms with Crippen LogP contribution in [0.1, 0.15) is 28.1 Å². The number of methoxy groups -OCH3 is 3. The lowest BCUT2D eigenvalue weighted by Gasteiger charge is -2.28. The van der Waals surface area contributed by atoms with Gasteiger partial charge in [-0.15, -0.1) is 0 Å². The van der Waals surface area contributed by atoms with Gasteiger partial charge in [-0.25, -0.2) is 22.6 Å². The summed E-state index contributed by atoms with van der Waals surface area (Å²) in [5.74, 6) is 1.07. The van der Waals surface area contributed by atoms with Gasteiger partial charge in [0.05, 0.1) is 32.4 Å². The van der Waals surface area contributed by atoms with Crippen molar-refractivity contribution in [1.82, 2.24) is 18.6 Å². The zero-order chi connectivity index (χ0) is 32.4. The average Bonchev–Trinajstić information content (AvgIpc) is 3.74. The van der Waals surface area contributed by atoms with Gasteiger partial charge in [-0.05, 0) is 60.3 Å².